The number of aromatic nitrogens is 2. The fourth-order valence-corrected chi connectivity index (χ4v) is 2.31. The van der Waals surface area contributed by atoms with E-state index in [-0.39, 0.29) is 11.7 Å². The normalized spacial score (nSPS) is 17.3. The van der Waals surface area contributed by atoms with Crippen LogP contribution in [0, 0.1) is 6.92 Å². The smallest absolute Gasteiger partial charge is 0.352 e. The van der Waals surface area contributed by atoms with E-state index in [4.69, 9.17) is 0 Å². The van der Waals surface area contributed by atoms with Gasteiger partial charge in [-0.2, -0.15) is 5.10 Å². The van der Waals surface area contributed by atoms with Gasteiger partial charge in [-0.05, 0) is 24.1 Å². The van der Waals surface area contributed by atoms with Crippen molar-refractivity contribution in [3.63, 3.8) is 0 Å². The van der Waals surface area contributed by atoms with Crippen molar-refractivity contribution >= 4 is 11.8 Å². The number of benzene rings is 1. The molecule has 1 aromatic carbocycles. The summed E-state index contributed by atoms with van der Waals surface area (Å²) in [6.45, 7) is 2.01. The number of aliphatic carboxylic acids is 1. The van der Waals surface area contributed by atoms with Crippen LogP contribution in [-0.4, -0.2) is 20.9 Å². The number of allylic oxidation sites excluding steroid dienone is 1. The van der Waals surface area contributed by atoms with Gasteiger partial charge in [0, 0.05) is 6.07 Å². The molecule has 0 radical (unpaired) electrons. The lowest BCUT2D eigenvalue weighted by Gasteiger charge is -2.24. The van der Waals surface area contributed by atoms with Crippen molar-refractivity contribution < 1.29 is 9.90 Å². The van der Waals surface area contributed by atoms with E-state index < -0.39 is 5.97 Å². The number of carboxylic acid groups (broad SMARTS) is 1. The van der Waals surface area contributed by atoms with E-state index in [2.05, 4.69) is 10.4 Å². The Labute approximate surface area is 110 Å². The standard InChI is InChI=1S/C14H13N3O2/c1-9-4-2-3-5-10(9)12-8-11(14(18)19)16-13-6-7-15-17(12)13/h2-8,12,16H,1H3,(H,18,19). The minimum atomic E-state index is -0.967. The molecule has 5 heteroatoms. The van der Waals surface area contributed by atoms with Crippen molar-refractivity contribution in [2.45, 2.75) is 13.0 Å². The average molecular weight is 255 g/mol. The number of anilines is 1. The fourth-order valence-electron chi connectivity index (χ4n) is 2.31. The molecule has 2 aromatic rings. The summed E-state index contributed by atoms with van der Waals surface area (Å²) in [6, 6.07) is 9.48. The molecule has 1 aromatic heterocycles. The van der Waals surface area contributed by atoms with Crippen LogP contribution in [0.15, 0.2) is 48.3 Å². The molecule has 0 fully saturated rings. The summed E-state index contributed by atoms with van der Waals surface area (Å²) in [5.74, 6) is -0.279. The Bertz CT molecular complexity index is 673. The first kappa shape index (κ1) is 11.5. The fraction of sp³-hybridized carbons (Fsp3) is 0.143. The largest absolute Gasteiger partial charge is 0.477 e. The van der Waals surface area contributed by atoms with Crippen molar-refractivity contribution in [2.24, 2.45) is 0 Å². The summed E-state index contributed by atoms with van der Waals surface area (Å²) in [5, 5.41) is 16.3. The minimum absolute atomic E-state index is 0.182. The molecule has 1 unspecified atom stereocenters. The predicted molar refractivity (Wildman–Crippen MR) is 70.9 cm³/mol. The molecule has 0 aliphatic carbocycles. The summed E-state index contributed by atoms with van der Waals surface area (Å²) < 4.78 is 1.79. The van der Waals surface area contributed by atoms with Gasteiger partial charge in [-0.1, -0.05) is 24.3 Å². The highest BCUT2D eigenvalue weighted by Crippen LogP contribution is 2.30. The van der Waals surface area contributed by atoms with Crippen LogP contribution in [0.4, 0.5) is 5.82 Å². The lowest BCUT2D eigenvalue weighted by atomic mass is 9.99. The van der Waals surface area contributed by atoms with Gasteiger partial charge in [0.25, 0.3) is 0 Å². The molecule has 1 aliphatic heterocycles. The molecular weight excluding hydrogens is 242 g/mol. The molecule has 0 bridgehead atoms. The van der Waals surface area contributed by atoms with Crippen molar-refractivity contribution in [2.75, 3.05) is 5.32 Å². The number of nitrogens with one attached hydrogen (secondary N) is 1. The molecule has 1 aliphatic rings. The Morgan fingerprint density at radius 1 is 1.37 bits per heavy atom. The first-order valence-corrected chi connectivity index (χ1v) is 5.98. The highest BCUT2D eigenvalue weighted by Gasteiger charge is 2.25. The van der Waals surface area contributed by atoms with Gasteiger partial charge in [-0.25, -0.2) is 9.48 Å². The number of hydrogen-bond acceptors (Lipinski definition) is 3. The predicted octanol–water partition coefficient (Wildman–Crippen LogP) is 2.17. The Kier molecular flexibility index (Phi) is 2.59. The number of hydrogen-bond donors (Lipinski definition) is 2. The van der Waals surface area contributed by atoms with Crippen LogP contribution in [0.3, 0.4) is 0 Å². The van der Waals surface area contributed by atoms with Crippen LogP contribution in [0.2, 0.25) is 0 Å². The third-order valence-electron chi connectivity index (χ3n) is 3.26. The maximum atomic E-state index is 11.2. The van der Waals surface area contributed by atoms with Crippen molar-refractivity contribution in [1.29, 1.82) is 0 Å². The summed E-state index contributed by atoms with van der Waals surface area (Å²) >= 11 is 0. The van der Waals surface area contributed by atoms with E-state index in [1.807, 2.05) is 31.2 Å². The third kappa shape index (κ3) is 1.89. The highest BCUT2D eigenvalue weighted by atomic mass is 16.4. The molecule has 3 rings (SSSR count). The second-order valence-electron chi connectivity index (χ2n) is 4.47. The van der Waals surface area contributed by atoms with Gasteiger partial charge >= 0.3 is 5.97 Å². The molecule has 0 spiro atoms. The van der Waals surface area contributed by atoms with Gasteiger partial charge in [-0.15, -0.1) is 0 Å². The van der Waals surface area contributed by atoms with Crippen LogP contribution in [0.25, 0.3) is 0 Å². The second kappa shape index (κ2) is 4.28. The van der Waals surface area contributed by atoms with Crippen LogP contribution in [-0.2, 0) is 4.79 Å². The first-order valence-electron chi connectivity index (χ1n) is 5.98. The van der Waals surface area contributed by atoms with Gasteiger partial charge in [0.15, 0.2) is 0 Å². The van der Waals surface area contributed by atoms with E-state index in [0.717, 1.165) is 11.1 Å². The van der Waals surface area contributed by atoms with Crippen LogP contribution >= 0.6 is 0 Å². The van der Waals surface area contributed by atoms with Crippen molar-refractivity contribution in [3.8, 4) is 0 Å². The number of aryl methyl sites for hydroxylation is 1. The number of nitrogens with zero attached hydrogens (tertiary/aromatic N) is 2. The molecule has 19 heavy (non-hydrogen) atoms. The van der Waals surface area contributed by atoms with E-state index >= 15 is 0 Å². The summed E-state index contributed by atoms with van der Waals surface area (Å²) in [6.07, 6.45) is 3.34. The van der Waals surface area contributed by atoms with Crippen LogP contribution < -0.4 is 5.32 Å². The molecular formula is C14H13N3O2. The molecule has 1 atom stereocenters. The van der Waals surface area contributed by atoms with Crippen molar-refractivity contribution in [1.82, 2.24) is 9.78 Å². The zero-order valence-electron chi connectivity index (χ0n) is 10.4. The van der Waals surface area contributed by atoms with E-state index in [1.165, 1.54) is 0 Å². The van der Waals surface area contributed by atoms with Crippen molar-refractivity contribution in [3.05, 3.63) is 59.4 Å². The molecule has 96 valence electrons. The van der Waals surface area contributed by atoms with Gasteiger partial charge in [0.1, 0.15) is 17.6 Å². The van der Waals surface area contributed by atoms with E-state index in [1.54, 1.807) is 23.0 Å². The lowest BCUT2D eigenvalue weighted by molar-refractivity contribution is -0.132. The van der Waals surface area contributed by atoms with Gasteiger partial charge in [-0.3, -0.25) is 0 Å². The maximum Gasteiger partial charge on any atom is 0.352 e. The highest BCUT2D eigenvalue weighted by molar-refractivity contribution is 5.90. The number of carboxylic acids is 1. The second-order valence-corrected chi connectivity index (χ2v) is 4.47. The zero-order chi connectivity index (χ0) is 13.4. The molecule has 2 heterocycles. The van der Waals surface area contributed by atoms with E-state index in [9.17, 15) is 9.90 Å². The summed E-state index contributed by atoms with van der Waals surface area (Å²) in [5.41, 5.74) is 2.34. The third-order valence-corrected chi connectivity index (χ3v) is 3.26. The molecule has 0 saturated heterocycles. The summed E-state index contributed by atoms with van der Waals surface area (Å²) in [4.78, 5) is 11.2. The average Bonchev–Trinajstić information content (AvgIpc) is 2.86. The summed E-state index contributed by atoms with van der Waals surface area (Å²) in [7, 11) is 0. The Morgan fingerprint density at radius 2 is 2.16 bits per heavy atom. The quantitative estimate of drug-likeness (QED) is 0.863. The SMILES string of the molecule is Cc1ccccc1C1C=C(C(=O)O)Nc2ccnn21. The van der Waals surface area contributed by atoms with Crippen LogP contribution in [0.1, 0.15) is 17.2 Å². The van der Waals surface area contributed by atoms with Gasteiger partial charge in [0.05, 0.1) is 6.20 Å². The minimum Gasteiger partial charge on any atom is -0.477 e. The number of carbonyl (C=O) groups is 1. The zero-order valence-corrected chi connectivity index (χ0v) is 10.4. The van der Waals surface area contributed by atoms with E-state index in [0.29, 0.717) is 5.82 Å². The topological polar surface area (TPSA) is 67.2 Å². The molecule has 2 N–H and O–H groups in total. The number of fused-ring (bicyclic) bond motifs is 1. The Hall–Kier alpha value is -2.56. The Morgan fingerprint density at radius 3 is 2.89 bits per heavy atom. The van der Waals surface area contributed by atoms with Gasteiger partial charge < -0.3 is 10.4 Å². The number of rotatable bonds is 2. The van der Waals surface area contributed by atoms with Gasteiger partial charge in [0.2, 0.25) is 0 Å². The molecule has 5 nitrogen and oxygen atoms in total. The monoisotopic (exact) mass is 255 g/mol. The first-order chi connectivity index (χ1) is 9.16. The molecule has 0 saturated carbocycles. The molecule has 0 amide bonds. The lowest BCUT2D eigenvalue weighted by Crippen LogP contribution is -2.24. The van der Waals surface area contributed by atoms with Crippen LogP contribution in [0.5, 0.6) is 0 Å². The maximum absolute atomic E-state index is 11.2. The Balaban J connectivity index is 2.15.